The molecule has 4 fully saturated rings. The number of phenols is 4. The minimum absolute atomic E-state index is 0.0145. The minimum atomic E-state index is -0.775. The lowest BCUT2D eigenvalue weighted by molar-refractivity contribution is -0.142. The topological polar surface area (TPSA) is 245 Å². The number of hydrogen-bond donors (Lipinski definition) is 6. The van der Waals surface area contributed by atoms with Gasteiger partial charge in [0, 0.05) is 22.3 Å². The Morgan fingerprint density at radius 2 is 0.500 bits per heavy atom. The van der Waals surface area contributed by atoms with E-state index in [2.05, 4.69) is 116 Å². The smallest absolute Gasteiger partial charge is 0.306 e. The molecule has 12 aromatic rings. The van der Waals surface area contributed by atoms with Crippen LogP contribution in [0.5, 0.6) is 46.0 Å². The van der Waals surface area contributed by atoms with Crippen LogP contribution in [-0.4, -0.2) is 68.7 Å². The van der Waals surface area contributed by atoms with Gasteiger partial charge in [0.15, 0.2) is 0 Å². The van der Waals surface area contributed by atoms with Crippen molar-refractivity contribution in [3.63, 3.8) is 0 Å². The second kappa shape index (κ2) is 46.4. The van der Waals surface area contributed by atoms with Gasteiger partial charge < -0.3 is 59.1 Å². The molecule has 150 heavy (non-hydrogen) atoms. The van der Waals surface area contributed by atoms with Crippen molar-refractivity contribution in [1.29, 1.82) is 0 Å². The number of halogens is 4. The van der Waals surface area contributed by atoms with Crippen LogP contribution in [0.2, 0.25) is 0 Å². The molecule has 0 bridgehead atoms. The van der Waals surface area contributed by atoms with Crippen LogP contribution < -0.4 is 18.9 Å². The highest BCUT2D eigenvalue weighted by Crippen LogP contribution is 2.56. The maximum absolute atomic E-state index is 14.9. The highest BCUT2D eigenvalue weighted by Gasteiger charge is 2.41. The van der Waals surface area contributed by atoms with Crippen LogP contribution >= 0.6 is 0 Å². The molecule has 0 amide bonds. The molecule has 12 aromatic carbocycles. The number of allylic oxidation sites excluding steroid dienone is 8. The number of ether oxygens (including phenoxy) is 6. The van der Waals surface area contributed by atoms with Gasteiger partial charge >= 0.3 is 23.9 Å². The van der Waals surface area contributed by atoms with Gasteiger partial charge in [-0.3, -0.25) is 19.2 Å². The van der Waals surface area contributed by atoms with Gasteiger partial charge in [0.1, 0.15) is 95.7 Å². The quantitative estimate of drug-likeness (QED) is 0.0158. The first-order valence-electron chi connectivity index (χ1n) is 52.7. The molecule has 0 aromatic heterocycles. The number of carbonyl (C=O) groups is 4. The molecule has 4 saturated carbocycles. The molecule has 8 aliphatic carbocycles. The van der Waals surface area contributed by atoms with Crippen LogP contribution in [-0.2, 0) is 55.1 Å². The molecule has 0 heterocycles. The molecule has 0 radical (unpaired) electrons. The van der Waals surface area contributed by atoms with E-state index in [1.807, 2.05) is 133 Å². The number of carboxylic acid groups (broad SMARTS) is 2. The lowest BCUT2D eigenvalue weighted by atomic mass is 9.79. The van der Waals surface area contributed by atoms with E-state index in [1.54, 1.807) is 0 Å². The summed E-state index contributed by atoms with van der Waals surface area (Å²) in [5, 5.41) is 58.9. The number of carboxylic acids is 2. The molecule has 20 heteroatoms. The Kier molecular flexibility index (Phi) is 33.1. The van der Waals surface area contributed by atoms with Crippen LogP contribution in [0.4, 0.5) is 17.6 Å². The molecule has 4 atom stereocenters. The highest BCUT2D eigenvalue weighted by atomic mass is 19.1. The van der Waals surface area contributed by atoms with Crippen LogP contribution in [0.3, 0.4) is 0 Å². The summed E-state index contributed by atoms with van der Waals surface area (Å²) in [7, 11) is 2.87. The first-order chi connectivity index (χ1) is 71.9. The second-order valence-corrected chi connectivity index (χ2v) is 44.3. The summed E-state index contributed by atoms with van der Waals surface area (Å²) in [5.41, 5.74) is 21.1. The number of hydrogen-bond acceptors (Lipinski definition) is 14. The van der Waals surface area contributed by atoms with E-state index in [9.17, 15) is 67.4 Å². The third-order valence-corrected chi connectivity index (χ3v) is 31.4. The predicted molar refractivity (Wildman–Crippen MR) is 581 cm³/mol. The molecular formula is C130H136F4O16. The lowest BCUT2D eigenvalue weighted by Crippen LogP contribution is -2.11. The molecule has 8 aliphatic rings. The molecule has 780 valence electrons. The maximum atomic E-state index is 14.9. The maximum Gasteiger partial charge on any atom is 0.306 e. The number of aromatic hydroxyl groups is 4. The van der Waals surface area contributed by atoms with E-state index in [4.69, 9.17) is 28.4 Å². The molecular weight excluding hydrogens is 1890 g/mol. The van der Waals surface area contributed by atoms with Crippen molar-refractivity contribution in [3.8, 4) is 90.5 Å². The summed E-state index contributed by atoms with van der Waals surface area (Å²) >= 11 is 0. The van der Waals surface area contributed by atoms with Crippen LogP contribution in [0.15, 0.2) is 267 Å². The van der Waals surface area contributed by atoms with E-state index in [0.29, 0.717) is 96.7 Å². The Morgan fingerprint density at radius 1 is 0.280 bits per heavy atom. The van der Waals surface area contributed by atoms with Crippen molar-refractivity contribution < 1.29 is 95.8 Å². The molecule has 16 nitrogen and oxygen atoms in total. The molecule has 0 spiro atoms. The zero-order valence-corrected chi connectivity index (χ0v) is 87.3. The number of methoxy groups -OCH3 is 2. The van der Waals surface area contributed by atoms with Crippen LogP contribution in [0.25, 0.3) is 66.8 Å². The SMILES string of the molecule is CC1(C)CCC=C1c1cc(COc2cccc([C@@H](CC(=O)O)C3CC3)c2)ccc1-c1cc(O)ccc1F.CC1(C)CCC=C1c1cc(COc2cccc([C@H](CC(=O)O)C3CC3)c2)ccc1-c1cc(O)ccc1F.COC(=O)C[C@@H](c1cccc(OCc2ccc(-c3cc(O)ccc3F)c(C3=CCCC3(C)C)c2)c1)C1CC1.COC(=O)C[C@H](c1cccc(OCc2ccc(-c3cc(O)ccc3F)c(C3=CCCC3(C)C)c2)c1)C1CC1. The van der Waals surface area contributed by atoms with Gasteiger partial charge in [0.05, 0.1) is 39.9 Å². The predicted octanol–water partition coefficient (Wildman–Crippen LogP) is 32.0. The number of rotatable bonds is 36. The van der Waals surface area contributed by atoms with E-state index < -0.39 is 11.9 Å². The normalized spacial score (nSPS) is 17.2. The summed E-state index contributed by atoms with van der Waals surface area (Å²) < 4.78 is 94.0. The fraction of sp³-hybridized carbons (Fsp3) is 0.354. The number of benzene rings is 12. The molecule has 6 N–H and O–H groups in total. The molecule has 0 unspecified atom stereocenters. The number of carbonyl (C=O) groups excluding carboxylic acids is 2. The van der Waals surface area contributed by atoms with Crippen molar-refractivity contribution in [3.05, 3.63) is 357 Å². The van der Waals surface area contributed by atoms with Gasteiger partial charge in [-0.25, -0.2) is 17.6 Å². The second-order valence-electron chi connectivity index (χ2n) is 44.3. The average molecular weight is 2030 g/mol. The number of aliphatic carboxylic acids is 2. The largest absolute Gasteiger partial charge is 0.508 e. The monoisotopic (exact) mass is 2030 g/mol. The van der Waals surface area contributed by atoms with Crippen molar-refractivity contribution in [2.45, 2.75) is 234 Å². The first kappa shape index (κ1) is 107. The van der Waals surface area contributed by atoms with Gasteiger partial charge in [-0.1, -0.05) is 177 Å². The summed E-state index contributed by atoms with van der Waals surface area (Å²) in [4.78, 5) is 46.8. The van der Waals surface area contributed by atoms with E-state index in [1.165, 1.54) is 109 Å². The van der Waals surface area contributed by atoms with Crippen molar-refractivity contribution in [2.75, 3.05) is 14.2 Å². The van der Waals surface area contributed by atoms with E-state index >= 15 is 0 Å². The third-order valence-electron chi connectivity index (χ3n) is 31.4. The summed E-state index contributed by atoms with van der Waals surface area (Å²) in [5.74, 6) is 1.87. The lowest BCUT2D eigenvalue weighted by Gasteiger charge is -2.25. The average Bonchev–Trinajstić information content (AvgIpc) is 1.75. The Hall–Kier alpha value is -14.4. The highest BCUT2D eigenvalue weighted by molar-refractivity contribution is 5.90. The van der Waals surface area contributed by atoms with Crippen LogP contribution in [0.1, 0.15) is 274 Å². The van der Waals surface area contributed by atoms with E-state index in [0.717, 1.165) is 203 Å². The molecule has 0 aliphatic heterocycles. The fourth-order valence-corrected chi connectivity index (χ4v) is 22.4. The van der Waals surface area contributed by atoms with Gasteiger partial charge in [-0.2, -0.15) is 0 Å². The molecule has 20 rings (SSSR count). The zero-order valence-electron chi connectivity index (χ0n) is 87.3. The van der Waals surface area contributed by atoms with Crippen LogP contribution in [0, 0.1) is 68.6 Å². The van der Waals surface area contributed by atoms with Crippen molar-refractivity contribution in [1.82, 2.24) is 0 Å². The summed E-state index contributed by atoms with van der Waals surface area (Å²) in [6.45, 7) is 19.1. The van der Waals surface area contributed by atoms with Crippen molar-refractivity contribution in [2.24, 2.45) is 45.3 Å². The Morgan fingerprint density at radius 3 is 0.693 bits per heavy atom. The molecule has 0 saturated heterocycles. The van der Waals surface area contributed by atoms with Gasteiger partial charge in [0.2, 0.25) is 0 Å². The Labute approximate surface area is 877 Å². The standard InChI is InChI=1S/2C33H35FO4.2C32H33FO4/c2*1-33(2)15-5-8-30(33)28-16-21(9-13-26(28)29-18-24(35)12-14-31(29)34)20-38-25-7-4-6-23(17-25)27(22-10-11-22)19-32(36)37-3;2*1-32(2)14-4-7-29(32)27-15-20(8-12-25(27)28-17-23(34)11-13-30(28)33)19-37-24-6-3-5-22(16-24)26(18-31(35)36)21-9-10-21/h2*4,6-9,12-14,16-18,22,27,35H,5,10-11,15,19-20H2,1-3H3;2*3,5-8,11-13,15-17,21,26,34H,4,9-10,14,18-19H2,1-2H3,(H,35,36)/t2*27-;2*26-/m1010/s1. The summed E-state index contributed by atoms with van der Waals surface area (Å²) in [6, 6.07) is 71.9. The number of phenolic OH excluding ortho intramolecular Hbond substituents is 4. The zero-order chi connectivity index (χ0) is 106. The first-order valence-corrected chi connectivity index (χ1v) is 52.7. The summed E-state index contributed by atoms with van der Waals surface area (Å²) in [6.07, 6.45) is 26.8. The third kappa shape index (κ3) is 26.5. The van der Waals surface area contributed by atoms with Gasteiger partial charge in [-0.15, -0.1) is 0 Å². The minimum Gasteiger partial charge on any atom is -0.508 e. The fourth-order valence-electron chi connectivity index (χ4n) is 22.4. The Balaban J connectivity index is 0.000000136. The van der Waals surface area contributed by atoms with E-state index in [-0.39, 0.29) is 116 Å². The number of esters is 2. The Bertz CT molecular complexity index is 6700. The van der Waals surface area contributed by atoms with Crippen molar-refractivity contribution >= 4 is 46.2 Å². The van der Waals surface area contributed by atoms with Gasteiger partial charge in [0.25, 0.3) is 0 Å². The van der Waals surface area contributed by atoms with Gasteiger partial charge in [-0.05, 0) is 429 Å².